The van der Waals surface area contributed by atoms with E-state index < -0.39 is 0 Å². The van der Waals surface area contributed by atoms with Gasteiger partial charge in [-0.1, -0.05) is 34.2 Å². The van der Waals surface area contributed by atoms with E-state index in [1.54, 1.807) is 17.9 Å². The molecule has 0 unspecified atom stereocenters. The van der Waals surface area contributed by atoms with Gasteiger partial charge in [0, 0.05) is 32.0 Å². The van der Waals surface area contributed by atoms with Crippen molar-refractivity contribution >= 4 is 39.1 Å². The summed E-state index contributed by atoms with van der Waals surface area (Å²) in [5, 5.41) is 5.02. The Balaban J connectivity index is 1.38. The second-order valence-corrected chi connectivity index (χ2v) is 7.41. The van der Waals surface area contributed by atoms with Crippen molar-refractivity contribution in [2.24, 2.45) is 0 Å². The highest BCUT2D eigenvalue weighted by Crippen LogP contribution is 2.33. The summed E-state index contributed by atoms with van der Waals surface area (Å²) in [5.41, 5.74) is 1.48. The molecule has 3 aromatic rings. The zero-order chi connectivity index (χ0) is 17.4. The molecule has 0 radical (unpaired) electrons. The van der Waals surface area contributed by atoms with E-state index in [0.717, 1.165) is 23.1 Å². The summed E-state index contributed by atoms with van der Waals surface area (Å²) < 4.78 is 12.1. The Bertz CT molecular complexity index is 915. The largest absolute Gasteiger partial charge is 0.467 e. The number of likely N-dealkylation sites (tertiary alicyclic amines) is 1. The lowest BCUT2D eigenvalue weighted by atomic mass is 10.1. The van der Waals surface area contributed by atoms with Crippen molar-refractivity contribution in [3.05, 3.63) is 40.7 Å². The van der Waals surface area contributed by atoms with Crippen LogP contribution in [0.4, 0.5) is 0 Å². The second kappa shape index (κ2) is 6.65. The van der Waals surface area contributed by atoms with Gasteiger partial charge in [0.2, 0.25) is 5.76 Å². The van der Waals surface area contributed by atoms with E-state index in [1.165, 1.54) is 11.3 Å². The number of para-hydroxylation sites is 1. The standard InChI is InChI=1S/C17H16ClN3O3S/c1-10-9-13(24-20-10)16(22)21-7-5-11(6-8-21)23-17-19-15-12(18)3-2-4-14(15)25-17/h2-4,9,11H,5-8H2,1H3. The summed E-state index contributed by atoms with van der Waals surface area (Å²) in [4.78, 5) is 18.6. The van der Waals surface area contributed by atoms with Crippen molar-refractivity contribution in [2.45, 2.75) is 25.9 Å². The molecule has 25 heavy (non-hydrogen) atoms. The predicted molar refractivity (Wildman–Crippen MR) is 95.4 cm³/mol. The van der Waals surface area contributed by atoms with Crippen LogP contribution < -0.4 is 4.74 Å². The molecule has 1 amide bonds. The molecule has 1 aromatic carbocycles. The fraction of sp³-hybridized carbons (Fsp3) is 0.353. The molecule has 1 aliphatic heterocycles. The van der Waals surface area contributed by atoms with Gasteiger partial charge in [0.15, 0.2) is 0 Å². The van der Waals surface area contributed by atoms with Crippen LogP contribution in [0.5, 0.6) is 5.19 Å². The molecule has 130 valence electrons. The molecule has 0 aliphatic carbocycles. The minimum atomic E-state index is -0.120. The maximum absolute atomic E-state index is 12.4. The molecule has 1 fully saturated rings. The molecule has 2 aromatic heterocycles. The first kappa shape index (κ1) is 16.4. The summed E-state index contributed by atoms with van der Waals surface area (Å²) >= 11 is 7.65. The van der Waals surface area contributed by atoms with Crippen LogP contribution in [0, 0.1) is 6.92 Å². The van der Waals surface area contributed by atoms with Gasteiger partial charge in [0.1, 0.15) is 11.6 Å². The number of amides is 1. The monoisotopic (exact) mass is 377 g/mol. The number of hydrogen-bond acceptors (Lipinski definition) is 6. The van der Waals surface area contributed by atoms with Crippen LogP contribution in [-0.2, 0) is 0 Å². The smallest absolute Gasteiger partial charge is 0.292 e. The van der Waals surface area contributed by atoms with Crippen LogP contribution >= 0.6 is 22.9 Å². The first-order chi connectivity index (χ1) is 12.1. The zero-order valence-electron chi connectivity index (χ0n) is 13.6. The molecular weight excluding hydrogens is 362 g/mol. The zero-order valence-corrected chi connectivity index (χ0v) is 15.1. The van der Waals surface area contributed by atoms with Crippen molar-refractivity contribution in [3.63, 3.8) is 0 Å². The minimum absolute atomic E-state index is 0.0415. The number of carbonyl (C=O) groups excluding carboxylic acids is 1. The number of aromatic nitrogens is 2. The van der Waals surface area contributed by atoms with E-state index in [4.69, 9.17) is 20.9 Å². The molecule has 0 bridgehead atoms. The Kier molecular flexibility index (Phi) is 4.35. The number of aryl methyl sites for hydroxylation is 1. The lowest BCUT2D eigenvalue weighted by molar-refractivity contribution is 0.0558. The highest BCUT2D eigenvalue weighted by Gasteiger charge is 2.27. The van der Waals surface area contributed by atoms with Crippen molar-refractivity contribution < 1.29 is 14.1 Å². The van der Waals surface area contributed by atoms with Crippen molar-refractivity contribution in [3.8, 4) is 5.19 Å². The lowest BCUT2D eigenvalue weighted by Crippen LogP contribution is -2.41. The van der Waals surface area contributed by atoms with E-state index in [0.29, 0.717) is 29.0 Å². The topological polar surface area (TPSA) is 68.5 Å². The van der Waals surface area contributed by atoms with Gasteiger partial charge in [-0.05, 0) is 19.1 Å². The van der Waals surface area contributed by atoms with Crippen LogP contribution in [0.15, 0.2) is 28.8 Å². The van der Waals surface area contributed by atoms with Gasteiger partial charge >= 0.3 is 0 Å². The maximum atomic E-state index is 12.4. The maximum Gasteiger partial charge on any atom is 0.292 e. The van der Waals surface area contributed by atoms with Gasteiger partial charge in [-0.25, -0.2) is 4.98 Å². The number of piperidine rings is 1. The van der Waals surface area contributed by atoms with Gasteiger partial charge in [-0.3, -0.25) is 4.79 Å². The van der Waals surface area contributed by atoms with E-state index >= 15 is 0 Å². The minimum Gasteiger partial charge on any atom is -0.467 e. The van der Waals surface area contributed by atoms with Gasteiger partial charge in [0.25, 0.3) is 11.1 Å². The molecule has 8 heteroatoms. The highest BCUT2D eigenvalue weighted by molar-refractivity contribution is 7.20. The molecule has 6 nitrogen and oxygen atoms in total. The van der Waals surface area contributed by atoms with Crippen LogP contribution in [0.1, 0.15) is 29.1 Å². The van der Waals surface area contributed by atoms with Crippen LogP contribution in [0.25, 0.3) is 10.2 Å². The van der Waals surface area contributed by atoms with Crippen LogP contribution in [0.2, 0.25) is 5.02 Å². The number of rotatable bonds is 3. The number of ether oxygens (including phenoxy) is 1. The fourth-order valence-electron chi connectivity index (χ4n) is 2.88. The molecule has 1 saturated heterocycles. The van der Waals surface area contributed by atoms with Gasteiger partial charge in [-0.2, -0.15) is 0 Å². The number of benzene rings is 1. The molecule has 0 saturated carbocycles. The Morgan fingerprint density at radius 2 is 2.20 bits per heavy atom. The van der Waals surface area contributed by atoms with E-state index in [-0.39, 0.29) is 17.8 Å². The second-order valence-electron chi connectivity index (χ2n) is 6.01. The third-order valence-electron chi connectivity index (χ3n) is 4.19. The number of carbonyl (C=O) groups is 1. The predicted octanol–water partition coefficient (Wildman–Crippen LogP) is 3.93. The van der Waals surface area contributed by atoms with Crippen LogP contribution in [-0.4, -0.2) is 40.1 Å². The van der Waals surface area contributed by atoms with Crippen molar-refractivity contribution in [2.75, 3.05) is 13.1 Å². The molecule has 0 atom stereocenters. The fourth-order valence-corrected chi connectivity index (χ4v) is 4.07. The Morgan fingerprint density at radius 3 is 2.88 bits per heavy atom. The molecule has 0 spiro atoms. The van der Waals surface area contributed by atoms with E-state index in [2.05, 4.69) is 10.1 Å². The molecule has 1 aliphatic rings. The first-order valence-corrected chi connectivity index (χ1v) is 9.24. The Morgan fingerprint density at radius 1 is 1.40 bits per heavy atom. The average Bonchev–Trinajstić information content (AvgIpc) is 3.22. The number of fused-ring (bicyclic) bond motifs is 1. The first-order valence-electron chi connectivity index (χ1n) is 8.04. The number of nitrogens with zero attached hydrogens (tertiary/aromatic N) is 3. The third kappa shape index (κ3) is 3.34. The molecular formula is C17H16ClN3O3S. The van der Waals surface area contributed by atoms with Crippen molar-refractivity contribution in [1.29, 1.82) is 0 Å². The van der Waals surface area contributed by atoms with Gasteiger partial charge in [-0.15, -0.1) is 0 Å². The molecule has 3 heterocycles. The molecule has 0 N–H and O–H groups in total. The third-order valence-corrected chi connectivity index (χ3v) is 5.40. The summed E-state index contributed by atoms with van der Waals surface area (Å²) in [6.07, 6.45) is 1.55. The summed E-state index contributed by atoms with van der Waals surface area (Å²) in [7, 11) is 0. The van der Waals surface area contributed by atoms with Gasteiger partial charge in [0.05, 0.1) is 15.4 Å². The SMILES string of the molecule is Cc1cc(C(=O)N2CCC(Oc3nc4c(Cl)cccc4s3)CC2)on1. The lowest BCUT2D eigenvalue weighted by Gasteiger charge is -2.30. The summed E-state index contributed by atoms with van der Waals surface area (Å²) in [5.74, 6) is 0.170. The summed E-state index contributed by atoms with van der Waals surface area (Å²) in [6.45, 7) is 3.04. The Labute approximate surface area is 153 Å². The average molecular weight is 378 g/mol. The molecule has 4 rings (SSSR count). The van der Waals surface area contributed by atoms with Crippen LogP contribution in [0.3, 0.4) is 0 Å². The van der Waals surface area contributed by atoms with E-state index in [9.17, 15) is 4.79 Å². The Hall–Kier alpha value is -2.12. The van der Waals surface area contributed by atoms with E-state index in [1.807, 2.05) is 18.2 Å². The number of thiazole rings is 1. The number of hydrogen-bond donors (Lipinski definition) is 0. The number of halogens is 1. The quantitative estimate of drug-likeness (QED) is 0.691. The summed E-state index contributed by atoms with van der Waals surface area (Å²) in [6, 6.07) is 7.37. The highest BCUT2D eigenvalue weighted by atomic mass is 35.5. The van der Waals surface area contributed by atoms with Crippen molar-refractivity contribution in [1.82, 2.24) is 15.0 Å². The normalized spacial score (nSPS) is 15.7. The van der Waals surface area contributed by atoms with Gasteiger partial charge < -0.3 is 14.2 Å².